The van der Waals surface area contributed by atoms with Gasteiger partial charge in [0.25, 0.3) is 5.69 Å². The maximum atomic E-state index is 11.5. The van der Waals surface area contributed by atoms with Crippen LogP contribution in [0.25, 0.3) is 0 Å². The third kappa shape index (κ3) is 4.04. The van der Waals surface area contributed by atoms with Crippen LogP contribution in [-0.2, 0) is 4.74 Å². The summed E-state index contributed by atoms with van der Waals surface area (Å²) in [6, 6.07) is 4.21. The zero-order valence-corrected chi connectivity index (χ0v) is 10.8. The van der Waals surface area contributed by atoms with E-state index in [1.807, 2.05) is 0 Å². The number of hydrogen-bond donors (Lipinski definition) is 1. The van der Waals surface area contributed by atoms with Gasteiger partial charge in [0.05, 0.1) is 4.92 Å². The summed E-state index contributed by atoms with van der Waals surface area (Å²) < 4.78 is 5.09. The van der Waals surface area contributed by atoms with Crippen molar-refractivity contribution in [2.45, 2.75) is 33.3 Å². The SMILES string of the molecule is Cc1cc([N+](=O)[O-])ccc1NC(=O)OC(C)(C)C. The Balaban J connectivity index is 2.80. The van der Waals surface area contributed by atoms with Crippen LogP contribution >= 0.6 is 0 Å². The number of non-ortho nitro benzene ring substituents is 1. The molecule has 0 radical (unpaired) electrons. The molecule has 1 N–H and O–H groups in total. The predicted octanol–water partition coefficient (Wildman–Crippen LogP) is 3.25. The van der Waals surface area contributed by atoms with E-state index >= 15 is 0 Å². The van der Waals surface area contributed by atoms with E-state index in [1.54, 1.807) is 27.7 Å². The van der Waals surface area contributed by atoms with Crippen molar-refractivity contribution in [3.05, 3.63) is 33.9 Å². The van der Waals surface area contributed by atoms with Crippen LogP contribution in [0.15, 0.2) is 18.2 Å². The van der Waals surface area contributed by atoms with Gasteiger partial charge >= 0.3 is 6.09 Å². The number of carbonyl (C=O) groups is 1. The van der Waals surface area contributed by atoms with Crippen molar-refractivity contribution in [2.24, 2.45) is 0 Å². The minimum absolute atomic E-state index is 0.0118. The first-order valence-corrected chi connectivity index (χ1v) is 5.44. The van der Waals surface area contributed by atoms with Crippen LogP contribution in [0.3, 0.4) is 0 Å². The van der Waals surface area contributed by atoms with Crippen molar-refractivity contribution in [3.8, 4) is 0 Å². The molecule has 18 heavy (non-hydrogen) atoms. The lowest BCUT2D eigenvalue weighted by Gasteiger charge is -2.20. The molecule has 1 amide bonds. The van der Waals surface area contributed by atoms with E-state index in [0.29, 0.717) is 11.3 Å². The van der Waals surface area contributed by atoms with Crippen LogP contribution in [-0.4, -0.2) is 16.6 Å². The number of nitro benzene ring substituents is 1. The molecule has 98 valence electrons. The highest BCUT2D eigenvalue weighted by atomic mass is 16.6. The maximum absolute atomic E-state index is 11.5. The average Bonchev–Trinajstić information content (AvgIpc) is 2.17. The van der Waals surface area contributed by atoms with Gasteiger partial charge in [-0.15, -0.1) is 0 Å². The Morgan fingerprint density at radius 2 is 2.00 bits per heavy atom. The molecule has 0 aromatic heterocycles. The summed E-state index contributed by atoms with van der Waals surface area (Å²) in [6.07, 6.45) is -0.584. The summed E-state index contributed by atoms with van der Waals surface area (Å²) in [5, 5.41) is 13.1. The highest BCUT2D eigenvalue weighted by Crippen LogP contribution is 2.21. The van der Waals surface area contributed by atoms with E-state index in [0.717, 1.165) is 0 Å². The first-order chi connectivity index (χ1) is 8.19. The van der Waals surface area contributed by atoms with Crippen molar-refractivity contribution in [2.75, 3.05) is 5.32 Å². The average molecular weight is 252 g/mol. The number of benzene rings is 1. The minimum atomic E-state index is -0.585. The fourth-order valence-electron chi connectivity index (χ4n) is 1.32. The van der Waals surface area contributed by atoms with Gasteiger partial charge in [-0.2, -0.15) is 0 Å². The molecule has 6 heteroatoms. The van der Waals surface area contributed by atoms with Gasteiger partial charge in [0.2, 0.25) is 0 Å². The van der Waals surface area contributed by atoms with Crippen molar-refractivity contribution < 1.29 is 14.5 Å². The molecule has 0 saturated carbocycles. The van der Waals surface area contributed by atoms with Gasteiger partial charge in [0, 0.05) is 17.8 Å². The minimum Gasteiger partial charge on any atom is -0.444 e. The topological polar surface area (TPSA) is 81.5 Å². The molecule has 0 aliphatic rings. The largest absolute Gasteiger partial charge is 0.444 e. The van der Waals surface area contributed by atoms with E-state index in [9.17, 15) is 14.9 Å². The predicted molar refractivity (Wildman–Crippen MR) is 67.7 cm³/mol. The van der Waals surface area contributed by atoms with E-state index in [1.165, 1.54) is 18.2 Å². The molecule has 0 atom stereocenters. The monoisotopic (exact) mass is 252 g/mol. The Labute approximate surface area is 105 Å². The molecule has 1 aromatic carbocycles. The zero-order valence-electron chi connectivity index (χ0n) is 10.8. The number of nitro groups is 1. The number of amides is 1. The molecule has 0 spiro atoms. The van der Waals surface area contributed by atoms with Crippen LogP contribution in [0.4, 0.5) is 16.2 Å². The van der Waals surface area contributed by atoms with E-state index in [-0.39, 0.29) is 5.69 Å². The lowest BCUT2D eigenvalue weighted by Crippen LogP contribution is -2.27. The third-order valence-corrected chi connectivity index (χ3v) is 2.06. The first-order valence-electron chi connectivity index (χ1n) is 5.44. The second-order valence-corrected chi connectivity index (χ2v) is 4.88. The fraction of sp³-hybridized carbons (Fsp3) is 0.417. The summed E-state index contributed by atoms with van der Waals surface area (Å²) >= 11 is 0. The van der Waals surface area contributed by atoms with Gasteiger partial charge in [0.1, 0.15) is 5.60 Å². The van der Waals surface area contributed by atoms with E-state index in [2.05, 4.69) is 5.32 Å². The number of anilines is 1. The Morgan fingerprint density at radius 3 is 2.44 bits per heavy atom. The highest BCUT2D eigenvalue weighted by molar-refractivity contribution is 5.86. The first kappa shape index (κ1) is 14.0. The standard InChI is InChI=1S/C12H16N2O4/c1-8-7-9(14(16)17)5-6-10(8)13-11(15)18-12(2,3)4/h5-7H,1-4H3,(H,13,15). The normalized spacial score (nSPS) is 10.9. The summed E-state index contributed by atoms with van der Waals surface area (Å²) in [5.74, 6) is 0. The number of ether oxygens (including phenoxy) is 1. The summed E-state index contributed by atoms with van der Waals surface area (Å²) in [5.41, 5.74) is 0.505. The molecule has 0 heterocycles. The molecular formula is C12H16N2O4. The van der Waals surface area contributed by atoms with Crippen molar-refractivity contribution in [1.82, 2.24) is 0 Å². The van der Waals surface area contributed by atoms with E-state index < -0.39 is 16.6 Å². The number of rotatable bonds is 2. The van der Waals surface area contributed by atoms with Crippen molar-refractivity contribution >= 4 is 17.5 Å². The number of hydrogen-bond acceptors (Lipinski definition) is 4. The Hall–Kier alpha value is -2.11. The van der Waals surface area contributed by atoms with Crippen molar-refractivity contribution in [3.63, 3.8) is 0 Å². The molecule has 0 saturated heterocycles. The number of aryl methyl sites for hydroxylation is 1. The Bertz CT molecular complexity index is 477. The lowest BCUT2D eigenvalue weighted by atomic mass is 10.2. The maximum Gasteiger partial charge on any atom is 0.412 e. The van der Waals surface area contributed by atoms with Crippen LogP contribution in [0.2, 0.25) is 0 Å². The molecule has 0 aliphatic carbocycles. The second-order valence-electron chi connectivity index (χ2n) is 4.88. The Kier molecular flexibility index (Phi) is 3.90. The zero-order chi connectivity index (χ0) is 13.9. The lowest BCUT2D eigenvalue weighted by molar-refractivity contribution is -0.384. The summed E-state index contributed by atoms with van der Waals surface area (Å²) in [6.45, 7) is 6.96. The summed E-state index contributed by atoms with van der Waals surface area (Å²) in [4.78, 5) is 21.6. The number of carbonyl (C=O) groups excluding carboxylic acids is 1. The van der Waals surface area contributed by atoms with Gasteiger partial charge in [-0.25, -0.2) is 4.79 Å². The Morgan fingerprint density at radius 1 is 1.39 bits per heavy atom. The van der Waals surface area contributed by atoms with Gasteiger partial charge < -0.3 is 4.74 Å². The van der Waals surface area contributed by atoms with Crippen molar-refractivity contribution in [1.29, 1.82) is 0 Å². The summed E-state index contributed by atoms with van der Waals surface area (Å²) in [7, 11) is 0. The molecule has 0 aliphatic heterocycles. The smallest absolute Gasteiger partial charge is 0.412 e. The molecular weight excluding hydrogens is 236 g/mol. The van der Waals surface area contributed by atoms with Gasteiger partial charge in [-0.05, 0) is 39.3 Å². The molecule has 6 nitrogen and oxygen atoms in total. The third-order valence-electron chi connectivity index (χ3n) is 2.06. The fourth-order valence-corrected chi connectivity index (χ4v) is 1.32. The number of nitrogens with zero attached hydrogens (tertiary/aromatic N) is 1. The molecule has 0 unspecified atom stereocenters. The quantitative estimate of drug-likeness (QED) is 0.647. The highest BCUT2D eigenvalue weighted by Gasteiger charge is 2.17. The second kappa shape index (κ2) is 5.03. The van der Waals surface area contributed by atoms with Gasteiger partial charge in [-0.3, -0.25) is 15.4 Å². The van der Waals surface area contributed by atoms with Crippen LogP contribution < -0.4 is 5.32 Å². The van der Waals surface area contributed by atoms with E-state index in [4.69, 9.17) is 4.74 Å². The molecule has 0 fully saturated rings. The molecule has 0 bridgehead atoms. The van der Waals surface area contributed by atoms with Crippen LogP contribution in [0, 0.1) is 17.0 Å². The van der Waals surface area contributed by atoms with Crippen LogP contribution in [0.5, 0.6) is 0 Å². The number of nitrogens with one attached hydrogen (secondary N) is 1. The van der Waals surface area contributed by atoms with Crippen LogP contribution in [0.1, 0.15) is 26.3 Å². The van der Waals surface area contributed by atoms with Gasteiger partial charge in [-0.1, -0.05) is 0 Å². The van der Waals surface area contributed by atoms with Gasteiger partial charge in [0.15, 0.2) is 0 Å². The molecule has 1 aromatic rings. The molecule has 1 rings (SSSR count).